The summed E-state index contributed by atoms with van der Waals surface area (Å²) in [6.07, 6.45) is 1.61. The van der Waals surface area contributed by atoms with Crippen LogP contribution in [-0.2, 0) is 6.54 Å². The third-order valence-corrected chi connectivity index (χ3v) is 3.03. The number of aromatic amines is 1. The van der Waals surface area contributed by atoms with Crippen molar-refractivity contribution >= 4 is 23.3 Å². The molecule has 0 fully saturated rings. The molecule has 0 spiro atoms. The maximum absolute atomic E-state index is 13.6. The number of H-pyrrole nitrogens is 1. The number of rotatable bonds is 2. The minimum Gasteiger partial charge on any atom is -0.328 e. The van der Waals surface area contributed by atoms with Crippen molar-refractivity contribution in [3.05, 3.63) is 52.8 Å². The van der Waals surface area contributed by atoms with E-state index in [4.69, 9.17) is 12.2 Å². The van der Waals surface area contributed by atoms with Crippen LogP contribution in [0.15, 0.2) is 36.5 Å². The molecule has 0 saturated heterocycles. The Morgan fingerprint density at radius 2 is 2.17 bits per heavy atom. The highest BCUT2D eigenvalue weighted by Gasteiger charge is 2.08. The van der Waals surface area contributed by atoms with Crippen molar-refractivity contribution in [3.8, 4) is 0 Å². The Labute approximate surface area is 107 Å². The first kappa shape index (κ1) is 11.0. The number of aromatic nitrogens is 4. The van der Waals surface area contributed by atoms with E-state index < -0.39 is 0 Å². The van der Waals surface area contributed by atoms with Crippen molar-refractivity contribution in [1.29, 1.82) is 0 Å². The van der Waals surface area contributed by atoms with E-state index in [1.54, 1.807) is 22.9 Å². The molecule has 0 bridgehead atoms. The minimum atomic E-state index is -0.309. The molecular formula is C12H9FN4S. The van der Waals surface area contributed by atoms with Crippen molar-refractivity contribution in [2.75, 3.05) is 0 Å². The van der Waals surface area contributed by atoms with Crippen LogP contribution in [0, 0.1) is 10.6 Å². The zero-order valence-electron chi connectivity index (χ0n) is 9.30. The minimum absolute atomic E-state index is 0.309. The summed E-state index contributed by atoms with van der Waals surface area (Å²) in [6, 6.07) is 8.54. The standard InChI is InChI=1S/C12H9FN4S/c13-9-4-1-5-10-11(9)15-12(18)17(10)7-8-3-2-6-14-16-8/h1-6H,7H2,(H,15,18). The van der Waals surface area contributed by atoms with E-state index in [0.29, 0.717) is 16.8 Å². The largest absolute Gasteiger partial charge is 0.328 e. The summed E-state index contributed by atoms with van der Waals surface area (Å²) in [5.41, 5.74) is 1.93. The second-order valence-corrected chi connectivity index (χ2v) is 4.25. The summed E-state index contributed by atoms with van der Waals surface area (Å²) in [6.45, 7) is 0.468. The Kier molecular flexibility index (Phi) is 2.64. The molecule has 4 nitrogen and oxygen atoms in total. The number of para-hydroxylation sites is 1. The van der Waals surface area contributed by atoms with Gasteiger partial charge in [0.1, 0.15) is 11.3 Å². The molecule has 0 unspecified atom stereocenters. The van der Waals surface area contributed by atoms with Crippen LogP contribution < -0.4 is 0 Å². The highest BCUT2D eigenvalue weighted by Crippen LogP contribution is 2.18. The van der Waals surface area contributed by atoms with Crippen LogP contribution in [0.1, 0.15) is 5.69 Å². The third kappa shape index (κ3) is 1.80. The molecular weight excluding hydrogens is 251 g/mol. The fourth-order valence-electron chi connectivity index (χ4n) is 1.88. The topological polar surface area (TPSA) is 46.5 Å². The van der Waals surface area contributed by atoms with Gasteiger partial charge in [0, 0.05) is 6.20 Å². The molecule has 0 amide bonds. The average molecular weight is 260 g/mol. The summed E-state index contributed by atoms with van der Waals surface area (Å²) in [4.78, 5) is 2.87. The van der Waals surface area contributed by atoms with E-state index in [1.807, 2.05) is 12.1 Å². The lowest BCUT2D eigenvalue weighted by molar-refractivity contribution is 0.637. The second-order valence-electron chi connectivity index (χ2n) is 3.87. The summed E-state index contributed by atoms with van der Waals surface area (Å²) >= 11 is 5.20. The summed E-state index contributed by atoms with van der Waals surface area (Å²) in [7, 11) is 0. The number of nitrogens with zero attached hydrogens (tertiary/aromatic N) is 3. The maximum Gasteiger partial charge on any atom is 0.178 e. The van der Waals surface area contributed by atoms with Crippen LogP contribution in [0.2, 0.25) is 0 Å². The highest BCUT2D eigenvalue weighted by atomic mass is 32.1. The van der Waals surface area contributed by atoms with Crippen molar-refractivity contribution in [1.82, 2.24) is 19.7 Å². The van der Waals surface area contributed by atoms with Crippen LogP contribution in [0.4, 0.5) is 4.39 Å². The molecule has 0 radical (unpaired) electrons. The van der Waals surface area contributed by atoms with Crippen LogP contribution in [-0.4, -0.2) is 19.7 Å². The highest BCUT2D eigenvalue weighted by molar-refractivity contribution is 7.71. The molecule has 18 heavy (non-hydrogen) atoms. The monoisotopic (exact) mass is 260 g/mol. The first-order valence-electron chi connectivity index (χ1n) is 5.39. The lowest BCUT2D eigenvalue weighted by Crippen LogP contribution is -2.02. The third-order valence-electron chi connectivity index (χ3n) is 2.71. The number of imidazole rings is 1. The zero-order chi connectivity index (χ0) is 12.5. The normalized spacial score (nSPS) is 10.9. The molecule has 3 aromatic rings. The Hall–Kier alpha value is -2.08. The zero-order valence-corrected chi connectivity index (χ0v) is 10.1. The number of benzene rings is 1. The molecule has 0 atom stereocenters. The number of hydrogen-bond acceptors (Lipinski definition) is 3. The van der Waals surface area contributed by atoms with E-state index >= 15 is 0 Å². The molecule has 0 saturated carbocycles. The Morgan fingerprint density at radius 1 is 1.28 bits per heavy atom. The number of hydrogen-bond donors (Lipinski definition) is 1. The van der Waals surface area contributed by atoms with Crippen LogP contribution in [0.25, 0.3) is 11.0 Å². The second kappa shape index (κ2) is 4.30. The van der Waals surface area contributed by atoms with Gasteiger partial charge in [0.15, 0.2) is 4.77 Å². The van der Waals surface area contributed by atoms with Gasteiger partial charge in [-0.3, -0.25) is 0 Å². The Bertz CT molecular complexity index is 748. The first-order valence-corrected chi connectivity index (χ1v) is 5.80. The van der Waals surface area contributed by atoms with Gasteiger partial charge in [0.05, 0.1) is 17.8 Å². The van der Waals surface area contributed by atoms with E-state index in [9.17, 15) is 4.39 Å². The van der Waals surface area contributed by atoms with Crippen LogP contribution in [0.3, 0.4) is 0 Å². The lowest BCUT2D eigenvalue weighted by atomic mass is 10.3. The molecule has 2 heterocycles. The predicted octanol–water partition coefficient (Wildman–Crippen LogP) is 2.68. The molecule has 2 aromatic heterocycles. The molecule has 0 aliphatic rings. The first-order chi connectivity index (χ1) is 8.75. The summed E-state index contributed by atoms with van der Waals surface area (Å²) in [5, 5.41) is 7.81. The molecule has 1 N–H and O–H groups in total. The van der Waals surface area contributed by atoms with E-state index in [0.717, 1.165) is 11.2 Å². The molecule has 6 heteroatoms. The molecule has 3 rings (SSSR count). The van der Waals surface area contributed by atoms with E-state index in [-0.39, 0.29) is 5.82 Å². The van der Waals surface area contributed by atoms with Crippen LogP contribution >= 0.6 is 12.2 Å². The van der Waals surface area contributed by atoms with Gasteiger partial charge in [-0.25, -0.2) is 4.39 Å². The fraction of sp³-hybridized carbons (Fsp3) is 0.0833. The molecule has 1 aromatic carbocycles. The molecule has 90 valence electrons. The van der Waals surface area contributed by atoms with Crippen molar-refractivity contribution in [2.24, 2.45) is 0 Å². The van der Waals surface area contributed by atoms with Crippen molar-refractivity contribution in [2.45, 2.75) is 6.54 Å². The number of halogens is 1. The number of nitrogens with one attached hydrogen (secondary N) is 1. The maximum atomic E-state index is 13.6. The molecule has 0 aliphatic carbocycles. The van der Waals surface area contributed by atoms with Gasteiger partial charge in [-0.2, -0.15) is 10.2 Å². The fourth-order valence-corrected chi connectivity index (χ4v) is 2.15. The van der Waals surface area contributed by atoms with Crippen molar-refractivity contribution < 1.29 is 4.39 Å². The van der Waals surface area contributed by atoms with Crippen LogP contribution in [0.5, 0.6) is 0 Å². The smallest absolute Gasteiger partial charge is 0.178 e. The quantitative estimate of drug-likeness (QED) is 0.721. The average Bonchev–Trinajstić information content (AvgIpc) is 2.70. The predicted molar refractivity (Wildman–Crippen MR) is 68.2 cm³/mol. The van der Waals surface area contributed by atoms with Gasteiger partial charge in [-0.15, -0.1) is 0 Å². The lowest BCUT2D eigenvalue weighted by Gasteiger charge is -2.02. The van der Waals surface area contributed by atoms with Gasteiger partial charge in [-0.1, -0.05) is 6.07 Å². The van der Waals surface area contributed by atoms with Gasteiger partial charge < -0.3 is 9.55 Å². The van der Waals surface area contributed by atoms with Crippen molar-refractivity contribution in [3.63, 3.8) is 0 Å². The van der Waals surface area contributed by atoms with Gasteiger partial charge in [0.2, 0.25) is 0 Å². The van der Waals surface area contributed by atoms with Gasteiger partial charge in [0.25, 0.3) is 0 Å². The van der Waals surface area contributed by atoms with E-state index in [1.165, 1.54) is 6.07 Å². The van der Waals surface area contributed by atoms with Gasteiger partial charge in [-0.05, 0) is 36.5 Å². The van der Waals surface area contributed by atoms with Gasteiger partial charge >= 0.3 is 0 Å². The Balaban J connectivity index is 2.15. The molecule has 0 aliphatic heterocycles. The summed E-state index contributed by atoms with van der Waals surface area (Å²) < 4.78 is 15.9. The SMILES string of the molecule is Fc1cccc2c1[nH]c(=S)n2Cc1cccnn1. The Morgan fingerprint density at radius 3 is 2.94 bits per heavy atom. The number of fused-ring (bicyclic) bond motifs is 1. The van der Waals surface area contributed by atoms with E-state index in [2.05, 4.69) is 15.2 Å². The summed E-state index contributed by atoms with van der Waals surface area (Å²) in [5.74, 6) is -0.309.